The van der Waals surface area contributed by atoms with Crippen molar-refractivity contribution < 1.29 is 26.3 Å². The molecule has 2 rings (SSSR count). The first kappa shape index (κ1) is 19.5. The zero-order valence-electron chi connectivity index (χ0n) is 13.9. The van der Waals surface area contributed by atoms with Gasteiger partial charge in [-0.15, -0.1) is 0 Å². The Morgan fingerprint density at radius 3 is 2.68 bits per heavy atom. The highest BCUT2D eigenvalue weighted by atomic mass is 32.2. The zero-order valence-corrected chi connectivity index (χ0v) is 14.7. The number of nitrogens with zero attached hydrogens (tertiary/aromatic N) is 2. The van der Waals surface area contributed by atoms with Crippen LogP contribution < -0.4 is 5.73 Å². The number of morpholine rings is 1. The van der Waals surface area contributed by atoms with Crippen molar-refractivity contribution in [3.05, 3.63) is 29.3 Å². The molecule has 6 nitrogen and oxygen atoms in total. The molecule has 0 spiro atoms. The van der Waals surface area contributed by atoms with E-state index in [-0.39, 0.29) is 24.2 Å². The van der Waals surface area contributed by atoms with Crippen molar-refractivity contribution in [1.29, 1.82) is 0 Å². The summed E-state index contributed by atoms with van der Waals surface area (Å²) in [5.41, 5.74) is 4.92. The molecule has 1 unspecified atom stereocenters. The van der Waals surface area contributed by atoms with Crippen molar-refractivity contribution in [2.75, 3.05) is 26.0 Å². The molecule has 1 saturated heterocycles. The van der Waals surface area contributed by atoms with E-state index in [1.165, 1.54) is 6.07 Å². The number of alkyl halides is 3. The Balaban J connectivity index is 2.24. The number of aliphatic imine (C=N–C) groups is 1. The minimum atomic E-state index is -4.77. The maximum absolute atomic E-state index is 13.1. The third-order valence-corrected chi connectivity index (χ3v) is 4.89. The van der Waals surface area contributed by atoms with E-state index in [1.54, 1.807) is 4.90 Å². The standard InChI is InChI=1S/C15H20F3N3O3S/c1-10-9-21(5-6-24-10)14(19)20-8-11-3-4-13(25(2,22)23)12(7-11)15(16,17)18/h3-4,7,10H,5-6,8-9H2,1-2H3,(H2,19,20). The predicted octanol–water partition coefficient (Wildman–Crippen LogP) is 1.64. The third-order valence-electron chi connectivity index (χ3n) is 3.74. The summed E-state index contributed by atoms with van der Waals surface area (Å²) in [6.07, 6.45) is -4.04. The van der Waals surface area contributed by atoms with E-state index in [0.717, 1.165) is 18.4 Å². The molecule has 0 radical (unpaired) electrons. The van der Waals surface area contributed by atoms with Gasteiger partial charge < -0.3 is 15.4 Å². The summed E-state index contributed by atoms with van der Waals surface area (Å²) in [7, 11) is -3.99. The molecule has 1 aliphatic rings. The smallest absolute Gasteiger partial charge is 0.375 e. The number of halogens is 3. The summed E-state index contributed by atoms with van der Waals surface area (Å²) in [5.74, 6) is 0.218. The lowest BCUT2D eigenvalue weighted by molar-refractivity contribution is -0.139. The molecule has 25 heavy (non-hydrogen) atoms. The van der Waals surface area contributed by atoms with Crippen LogP contribution in [0.25, 0.3) is 0 Å². The zero-order chi connectivity index (χ0) is 18.8. The molecule has 0 aliphatic carbocycles. The summed E-state index contributed by atoms with van der Waals surface area (Å²) in [6.45, 7) is 3.42. The van der Waals surface area contributed by atoms with E-state index in [1.807, 2.05) is 6.92 Å². The Bertz CT molecular complexity index is 763. The molecule has 140 valence electrons. The van der Waals surface area contributed by atoms with Gasteiger partial charge in [0.1, 0.15) is 0 Å². The number of guanidine groups is 1. The number of benzene rings is 1. The fraction of sp³-hybridized carbons (Fsp3) is 0.533. The van der Waals surface area contributed by atoms with E-state index in [9.17, 15) is 21.6 Å². The Morgan fingerprint density at radius 2 is 2.12 bits per heavy atom. The Kier molecular flexibility index (Phi) is 5.62. The van der Waals surface area contributed by atoms with Crippen molar-refractivity contribution in [1.82, 2.24) is 4.90 Å². The van der Waals surface area contributed by atoms with Crippen LogP contribution in [0.1, 0.15) is 18.1 Å². The molecule has 2 N–H and O–H groups in total. The summed E-state index contributed by atoms with van der Waals surface area (Å²) in [5, 5.41) is 0. The molecule has 1 heterocycles. The molecule has 1 aromatic rings. The fourth-order valence-electron chi connectivity index (χ4n) is 2.52. The van der Waals surface area contributed by atoms with Gasteiger partial charge in [-0.1, -0.05) is 6.07 Å². The maximum atomic E-state index is 13.1. The van der Waals surface area contributed by atoms with Crippen LogP contribution in [0, 0.1) is 0 Å². The van der Waals surface area contributed by atoms with Gasteiger partial charge in [0.15, 0.2) is 15.8 Å². The van der Waals surface area contributed by atoms with Crippen molar-refractivity contribution >= 4 is 15.8 Å². The van der Waals surface area contributed by atoms with Gasteiger partial charge in [-0.2, -0.15) is 13.2 Å². The van der Waals surface area contributed by atoms with Gasteiger partial charge in [0.05, 0.1) is 29.7 Å². The van der Waals surface area contributed by atoms with E-state index in [0.29, 0.717) is 19.7 Å². The number of hydrogen-bond acceptors (Lipinski definition) is 4. The highest BCUT2D eigenvalue weighted by molar-refractivity contribution is 7.90. The normalized spacial score (nSPS) is 20.0. The molecular formula is C15H20F3N3O3S. The SMILES string of the molecule is CC1CN(C(N)=NCc2ccc(S(C)(=O)=O)c(C(F)(F)F)c2)CCO1. The van der Waals surface area contributed by atoms with E-state index >= 15 is 0 Å². The highest BCUT2D eigenvalue weighted by Crippen LogP contribution is 2.35. The van der Waals surface area contributed by atoms with Crippen LogP contribution in [-0.4, -0.2) is 51.3 Å². The number of hydrogen-bond donors (Lipinski definition) is 1. The lowest BCUT2D eigenvalue weighted by Crippen LogP contribution is -2.47. The Hall–Kier alpha value is -1.81. The van der Waals surface area contributed by atoms with Crippen molar-refractivity contribution in [3.63, 3.8) is 0 Å². The second-order valence-electron chi connectivity index (χ2n) is 5.90. The van der Waals surface area contributed by atoms with Crippen LogP contribution in [0.15, 0.2) is 28.1 Å². The first-order chi connectivity index (χ1) is 11.5. The molecule has 1 aromatic carbocycles. The van der Waals surface area contributed by atoms with Crippen molar-refractivity contribution in [3.8, 4) is 0 Å². The highest BCUT2D eigenvalue weighted by Gasteiger charge is 2.36. The molecule has 1 aliphatic heterocycles. The van der Waals surface area contributed by atoms with E-state index < -0.39 is 26.5 Å². The minimum absolute atomic E-state index is 0.00613. The summed E-state index contributed by atoms with van der Waals surface area (Å²) in [6, 6.07) is 3.06. The molecule has 1 fully saturated rings. The largest absolute Gasteiger partial charge is 0.417 e. The van der Waals surface area contributed by atoms with Crippen LogP contribution in [-0.2, 0) is 27.3 Å². The molecule has 0 saturated carbocycles. The third kappa shape index (κ3) is 5.08. The molecule has 10 heteroatoms. The van der Waals surface area contributed by atoms with Crippen LogP contribution in [0.4, 0.5) is 13.2 Å². The maximum Gasteiger partial charge on any atom is 0.417 e. The number of rotatable bonds is 3. The first-order valence-corrected chi connectivity index (χ1v) is 9.44. The fourth-order valence-corrected chi connectivity index (χ4v) is 3.41. The number of sulfone groups is 1. The van der Waals surface area contributed by atoms with Crippen molar-refractivity contribution in [2.45, 2.75) is 30.6 Å². The number of nitrogens with two attached hydrogens (primary N) is 1. The lowest BCUT2D eigenvalue weighted by atomic mass is 10.1. The molecule has 0 bridgehead atoms. The average molecular weight is 379 g/mol. The second kappa shape index (κ2) is 7.20. The monoisotopic (exact) mass is 379 g/mol. The molecular weight excluding hydrogens is 359 g/mol. The van der Waals surface area contributed by atoms with Gasteiger partial charge in [0.25, 0.3) is 0 Å². The Morgan fingerprint density at radius 1 is 1.44 bits per heavy atom. The summed E-state index contributed by atoms with van der Waals surface area (Å²) >= 11 is 0. The van der Waals surface area contributed by atoms with Gasteiger partial charge in [-0.05, 0) is 24.6 Å². The van der Waals surface area contributed by atoms with Crippen LogP contribution in [0.3, 0.4) is 0 Å². The van der Waals surface area contributed by atoms with Gasteiger partial charge in [0, 0.05) is 19.3 Å². The van der Waals surface area contributed by atoms with Gasteiger partial charge in [0.2, 0.25) is 0 Å². The molecule has 0 amide bonds. The van der Waals surface area contributed by atoms with Crippen LogP contribution >= 0.6 is 0 Å². The quantitative estimate of drug-likeness (QED) is 0.638. The predicted molar refractivity (Wildman–Crippen MR) is 86.9 cm³/mol. The number of ether oxygens (including phenoxy) is 1. The van der Waals surface area contributed by atoms with Crippen LogP contribution in [0.2, 0.25) is 0 Å². The van der Waals surface area contributed by atoms with E-state index in [2.05, 4.69) is 4.99 Å². The minimum Gasteiger partial charge on any atom is -0.375 e. The summed E-state index contributed by atoms with van der Waals surface area (Å²) < 4.78 is 67.9. The molecule has 0 aromatic heterocycles. The van der Waals surface area contributed by atoms with Gasteiger partial charge >= 0.3 is 6.18 Å². The van der Waals surface area contributed by atoms with Crippen molar-refractivity contribution in [2.24, 2.45) is 10.7 Å². The Labute approximate surface area is 144 Å². The summed E-state index contributed by atoms with van der Waals surface area (Å²) in [4.78, 5) is 5.16. The van der Waals surface area contributed by atoms with Gasteiger partial charge in [-0.3, -0.25) is 0 Å². The topological polar surface area (TPSA) is 85.0 Å². The van der Waals surface area contributed by atoms with Crippen LogP contribution in [0.5, 0.6) is 0 Å². The first-order valence-electron chi connectivity index (χ1n) is 7.55. The van der Waals surface area contributed by atoms with E-state index in [4.69, 9.17) is 10.5 Å². The average Bonchev–Trinajstić information content (AvgIpc) is 2.50. The lowest BCUT2D eigenvalue weighted by Gasteiger charge is -2.31. The molecule has 1 atom stereocenters. The van der Waals surface area contributed by atoms with Gasteiger partial charge in [-0.25, -0.2) is 13.4 Å². The second-order valence-corrected chi connectivity index (χ2v) is 7.89.